The van der Waals surface area contributed by atoms with Gasteiger partial charge in [0.15, 0.2) is 0 Å². The van der Waals surface area contributed by atoms with Crippen LogP contribution in [0.4, 0.5) is 0 Å². The van der Waals surface area contributed by atoms with Gasteiger partial charge in [0.1, 0.15) is 23.8 Å². The molecule has 2 heterocycles. The van der Waals surface area contributed by atoms with Gasteiger partial charge in [0, 0.05) is 27.8 Å². The number of carbonyl (C=O) groups is 1. The van der Waals surface area contributed by atoms with Crippen LogP contribution in [0.15, 0.2) is 72.8 Å². The number of methoxy groups -OCH3 is 1. The van der Waals surface area contributed by atoms with Gasteiger partial charge in [0.2, 0.25) is 0 Å². The van der Waals surface area contributed by atoms with E-state index in [0.29, 0.717) is 17.3 Å². The van der Waals surface area contributed by atoms with Gasteiger partial charge in [0.25, 0.3) is 5.91 Å². The zero-order chi connectivity index (χ0) is 26.1. The fraction of sp³-hybridized carbons (Fsp3) is 0.290. The molecule has 1 aliphatic carbocycles. The first-order valence-electron chi connectivity index (χ1n) is 13.2. The minimum Gasteiger partial charge on any atom is -0.497 e. The van der Waals surface area contributed by atoms with E-state index < -0.39 is 0 Å². The van der Waals surface area contributed by atoms with Gasteiger partial charge < -0.3 is 14.4 Å². The Hall–Kier alpha value is -3.77. The Bertz CT molecular complexity index is 1430. The third kappa shape index (κ3) is 4.54. The third-order valence-electron chi connectivity index (χ3n) is 7.68. The molecule has 2 aliphatic rings. The first kappa shape index (κ1) is 24.6. The second kappa shape index (κ2) is 10.5. The second-order valence-electron chi connectivity index (χ2n) is 9.95. The molecule has 0 bridgehead atoms. The summed E-state index contributed by atoms with van der Waals surface area (Å²) in [5, 5.41) is 8.38. The van der Waals surface area contributed by atoms with E-state index in [9.17, 15) is 4.79 Å². The fourth-order valence-corrected chi connectivity index (χ4v) is 5.91. The average molecular weight is 528 g/mol. The Balaban J connectivity index is 1.34. The van der Waals surface area contributed by atoms with Crippen molar-refractivity contribution in [3.63, 3.8) is 0 Å². The molecule has 6 nitrogen and oxygen atoms in total. The highest BCUT2D eigenvalue weighted by molar-refractivity contribution is 6.31. The third-order valence-corrected chi connectivity index (χ3v) is 8.05. The second-order valence-corrected chi connectivity index (χ2v) is 10.4. The Morgan fingerprint density at radius 2 is 1.66 bits per heavy atom. The number of aromatic nitrogens is 2. The summed E-state index contributed by atoms with van der Waals surface area (Å²) in [6.07, 6.45) is 5.57. The van der Waals surface area contributed by atoms with E-state index in [-0.39, 0.29) is 18.0 Å². The van der Waals surface area contributed by atoms with Gasteiger partial charge in [-0.3, -0.25) is 9.89 Å². The van der Waals surface area contributed by atoms with Crippen molar-refractivity contribution in [2.45, 2.75) is 50.8 Å². The molecule has 1 fully saturated rings. The molecule has 1 aromatic heterocycles. The molecule has 1 atom stereocenters. The average Bonchev–Trinajstić information content (AvgIpc) is 3.52. The maximum Gasteiger partial charge on any atom is 0.273 e. The topological polar surface area (TPSA) is 67.5 Å². The number of nitrogens with one attached hydrogen (secondary N) is 1. The van der Waals surface area contributed by atoms with Crippen LogP contribution in [0.25, 0.3) is 11.3 Å². The number of halogens is 1. The molecule has 1 unspecified atom stereocenters. The predicted octanol–water partition coefficient (Wildman–Crippen LogP) is 7.20. The quantitative estimate of drug-likeness (QED) is 0.276. The van der Waals surface area contributed by atoms with Crippen molar-refractivity contribution in [2.75, 3.05) is 7.11 Å². The highest BCUT2D eigenvalue weighted by atomic mass is 35.5. The summed E-state index contributed by atoms with van der Waals surface area (Å²) in [5.41, 5.74) is 5.27. The number of fused-ring (bicyclic) bond motifs is 1. The zero-order valence-corrected chi connectivity index (χ0v) is 22.1. The molecular weight excluding hydrogens is 498 g/mol. The molecule has 0 saturated heterocycles. The van der Waals surface area contributed by atoms with Crippen molar-refractivity contribution in [1.29, 1.82) is 0 Å². The molecule has 1 aliphatic heterocycles. The number of hydrogen-bond donors (Lipinski definition) is 1. The van der Waals surface area contributed by atoms with E-state index in [2.05, 4.69) is 27.2 Å². The number of carbonyl (C=O) groups excluding carboxylic acids is 1. The van der Waals surface area contributed by atoms with Crippen molar-refractivity contribution in [2.24, 2.45) is 0 Å². The minimum absolute atomic E-state index is 0.0307. The van der Waals surface area contributed by atoms with Crippen molar-refractivity contribution in [3.8, 4) is 22.8 Å². The van der Waals surface area contributed by atoms with Crippen molar-refractivity contribution >= 4 is 17.5 Å². The number of hydrogen-bond acceptors (Lipinski definition) is 4. The van der Waals surface area contributed by atoms with Crippen LogP contribution in [0, 0.1) is 0 Å². The predicted molar refractivity (Wildman–Crippen MR) is 148 cm³/mol. The zero-order valence-electron chi connectivity index (χ0n) is 21.3. The van der Waals surface area contributed by atoms with Crippen LogP contribution >= 0.6 is 11.6 Å². The highest BCUT2D eigenvalue weighted by Crippen LogP contribution is 2.46. The van der Waals surface area contributed by atoms with Crippen LogP contribution in [0.1, 0.15) is 65.3 Å². The number of nitrogens with zero attached hydrogens (tertiary/aromatic N) is 2. The monoisotopic (exact) mass is 527 g/mol. The lowest BCUT2D eigenvalue weighted by molar-refractivity contribution is 0.0606. The maximum atomic E-state index is 13.8. The summed E-state index contributed by atoms with van der Waals surface area (Å²) in [7, 11) is 1.65. The number of amides is 1. The molecule has 3 aromatic carbocycles. The standard InChI is InChI=1S/C31H30ClN3O3/c1-37-24-15-11-20(12-16-24)28-27-29(34-33-28)31(36)35(23-8-3-2-4-9-23)30(27)21-13-17-25(18-14-21)38-19-22-7-5-6-10-26(22)32/h5-7,10-18,23,30H,2-4,8-9,19H2,1H3,(H,33,34). The van der Waals surface area contributed by atoms with Crippen LogP contribution in [-0.2, 0) is 6.61 Å². The highest BCUT2D eigenvalue weighted by Gasteiger charge is 2.45. The van der Waals surface area contributed by atoms with Gasteiger partial charge in [-0.15, -0.1) is 0 Å². The molecule has 7 heteroatoms. The summed E-state index contributed by atoms with van der Waals surface area (Å²) in [4.78, 5) is 15.9. The van der Waals surface area contributed by atoms with Gasteiger partial charge in [-0.2, -0.15) is 5.10 Å². The first-order chi connectivity index (χ1) is 18.6. The molecule has 6 rings (SSSR count). The van der Waals surface area contributed by atoms with Crippen LogP contribution in [0.2, 0.25) is 5.02 Å². The van der Waals surface area contributed by atoms with Crippen LogP contribution in [0.5, 0.6) is 11.5 Å². The molecule has 1 N–H and O–H groups in total. The van der Waals surface area contributed by atoms with Crippen LogP contribution in [0.3, 0.4) is 0 Å². The molecule has 0 spiro atoms. The van der Waals surface area contributed by atoms with Crippen molar-refractivity contribution in [1.82, 2.24) is 15.1 Å². The number of ether oxygens (including phenoxy) is 2. The number of aromatic amines is 1. The Morgan fingerprint density at radius 1 is 0.947 bits per heavy atom. The minimum atomic E-state index is -0.214. The van der Waals surface area contributed by atoms with Gasteiger partial charge in [-0.1, -0.05) is 61.2 Å². The maximum absolute atomic E-state index is 13.8. The van der Waals surface area contributed by atoms with Gasteiger partial charge in [0.05, 0.1) is 18.8 Å². The number of H-pyrrole nitrogens is 1. The molecular formula is C31H30ClN3O3. The lowest BCUT2D eigenvalue weighted by Gasteiger charge is -2.36. The lowest BCUT2D eigenvalue weighted by atomic mass is 9.91. The van der Waals surface area contributed by atoms with Crippen LogP contribution in [-0.4, -0.2) is 34.2 Å². The van der Waals surface area contributed by atoms with E-state index >= 15 is 0 Å². The fourth-order valence-electron chi connectivity index (χ4n) is 5.72. The molecule has 0 radical (unpaired) electrons. The van der Waals surface area contributed by atoms with E-state index in [0.717, 1.165) is 65.1 Å². The van der Waals surface area contributed by atoms with Crippen molar-refractivity contribution < 1.29 is 14.3 Å². The molecule has 38 heavy (non-hydrogen) atoms. The normalized spacial score (nSPS) is 17.5. The van der Waals surface area contributed by atoms with Crippen molar-refractivity contribution in [3.05, 3.63) is 100 Å². The molecule has 1 saturated carbocycles. The lowest BCUT2D eigenvalue weighted by Crippen LogP contribution is -2.40. The summed E-state index contributed by atoms with van der Waals surface area (Å²) in [6.45, 7) is 0.391. The largest absolute Gasteiger partial charge is 0.497 e. The van der Waals surface area contributed by atoms with Gasteiger partial charge >= 0.3 is 0 Å². The summed E-state index contributed by atoms with van der Waals surface area (Å²) in [6, 6.07) is 23.6. The number of rotatable bonds is 7. The molecule has 1 amide bonds. The van der Waals surface area contributed by atoms with E-state index in [1.165, 1.54) is 6.42 Å². The summed E-state index contributed by atoms with van der Waals surface area (Å²) < 4.78 is 11.4. The Kier molecular flexibility index (Phi) is 6.81. The van der Waals surface area contributed by atoms with E-state index in [4.69, 9.17) is 21.1 Å². The SMILES string of the molecule is COc1ccc(-c2n[nH]c3c2C(c2ccc(OCc4ccccc4Cl)cc2)N(C2CCCCC2)C3=O)cc1. The summed E-state index contributed by atoms with van der Waals surface area (Å²) >= 11 is 6.29. The molecule has 4 aromatic rings. The smallest absolute Gasteiger partial charge is 0.273 e. The van der Waals surface area contributed by atoms with Gasteiger partial charge in [-0.25, -0.2) is 0 Å². The van der Waals surface area contributed by atoms with Gasteiger partial charge in [-0.05, 0) is 60.9 Å². The van der Waals surface area contributed by atoms with Crippen LogP contribution < -0.4 is 9.47 Å². The first-order valence-corrected chi connectivity index (χ1v) is 13.5. The Morgan fingerprint density at radius 3 is 2.37 bits per heavy atom. The molecule has 194 valence electrons. The van der Waals surface area contributed by atoms with E-state index in [1.54, 1.807) is 7.11 Å². The Labute approximate surface area is 227 Å². The summed E-state index contributed by atoms with van der Waals surface area (Å²) in [5.74, 6) is 1.57. The number of benzene rings is 3. The van der Waals surface area contributed by atoms with E-state index in [1.807, 2.05) is 60.7 Å².